The number of hydrogen-bond donors (Lipinski definition) is 2. The molecule has 0 bridgehead atoms. The Morgan fingerprint density at radius 2 is 1.67 bits per heavy atom. The van der Waals surface area contributed by atoms with Gasteiger partial charge < -0.3 is 15.5 Å². The quantitative estimate of drug-likeness (QED) is 0.661. The Morgan fingerprint density at radius 1 is 0.933 bits per heavy atom. The van der Waals surface area contributed by atoms with Gasteiger partial charge in [0.25, 0.3) is 5.91 Å². The zero-order valence-electron chi connectivity index (χ0n) is 16.4. The number of halogens is 1. The molecule has 0 saturated heterocycles. The molecule has 6 heteroatoms. The maximum absolute atomic E-state index is 13.1. The predicted molar refractivity (Wildman–Crippen MR) is 116 cm³/mol. The number of nitrogens with zero attached hydrogens (tertiary/aromatic N) is 1. The van der Waals surface area contributed by atoms with Gasteiger partial charge in [-0.25, -0.2) is 4.39 Å². The summed E-state index contributed by atoms with van der Waals surface area (Å²) in [4.78, 5) is 27.4. The second-order valence-corrected chi connectivity index (χ2v) is 7.14. The van der Waals surface area contributed by atoms with Gasteiger partial charge in [-0.3, -0.25) is 9.59 Å². The topological polar surface area (TPSA) is 61.4 Å². The van der Waals surface area contributed by atoms with Crippen molar-refractivity contribution < 1.29 is 14.0 Å². The third-order valence-corrected chi connectivity index (χ3v) is 5.12. The molecular formula is C24H22FN3O2. The maximum atomic E-state index is 13.1. The molecule has 152 valence electrons. The molecule has 4 rings (SSSR count). The van der Waals surface area contributed by atoms with E-state index >= 15 is 0 Å². The van der Waals surface area contributed by atoms with Crippen molar-refractivity contribution in [2.75, 3.05) is 28.6 Å². The maximum Gasteiger partial charge on any atom is 0.257 e. The van der Waals surface area contributed by atoms with E-state index in [-0.39, 0.29) is 24.2 Å². The number of anilines is 3. The average molecular weight is 403 g/mol. The van der Waals surface area contributed by atoms with Gasteiger partial charge in [-0.05, 0) is 60.9 Å². The van der Waals surface area contributed by atoms with E-state index in [2.05, 4.69) is 16.7 Å². The lowest BCUT2D eigenvalue weighted by Gasteiger charge is -2.29. The van der Waals surface area contributed by atoms with Crippen LogP contribution in [0.5, 0.6) is 0 Å². The molecule has 30 heavy (non-hydrogen) atoms. The third-order valence-electron chi connectivity index (χ3n) is 5.12. The Bertz CT molecular complexity index is 1070. The summed E-state index contributed by atoms with van der Waals surface area (Å²) < 4.78 is 13.1. The van der Waals surface area contributed by atoms with Gasteiger partial charge in [0, 0.05) is 23.6 Å². The fourth-order valence-corrected chi connectivity index (χ4v) is 3.63. The van der Waals surface area contributed by atoms with Gasteiger partial charge in [0.1, 0.15) is 5.82 Å². The molecule has 0 atom stereocenters. The van der Waals surface area contributed by atoms with E-state index in [0.717, 1.165) is 18.5 Å². The van der Waals surface area contributed by atoms with Crippen molar-refractivity contribution in [1.82, 2.24) is 0 Å². The Hall–Kier alpha value is -3.67. The lowest BCUT2D eigenvalue weighted by atomic mass is 10.0. The first-order chi connectivity index (χ1) is 14.6. The van der Waals surface area contributed by atoms with Crippen LogP contribution in [-0.4, -0.2) is 24.9 Å². The Morgan fingerprint density at radius 3 is 2.50 bits per heavy atom. The second-order valence-electron chi connectivity index (χ2n) is 7.14. The highest BCUT2D eigenvalue weighted by Gasteiger charge is 2.22. The highest BCUT2D eigenvalue weighted by Crippen LogP contribution is 2.27. The molecule has 3 aromatic rings. The van der Waals surface area contributed by atoms with Crippen LogP contribution in [0.3, 0.4) is 0 Å². The number of aryl methyl sites for hydroxylation is 1. The largest absolute Gasteiger partial charge is 0.375 e. The van der Waals surface area contributed by atoms with Crippen molar-refractivity contribution in [3.05, 3.63) is 89.7 Å². The van der Waals surface area contributed by atoms with Gasteiger partial charge in [-0.15, -0.1) is 0 Å². The fourth-order valence-electron chi connectivity index (χ4n) is 3.63. The minimum Gasteiger partial charge on any atom is -0.375 e. The van der Waals surface area contributed by atoms with Crippen molar-refractivity contribution in [2.24, 2.45) is 0 Å². The highest BCUT2D eigenvalue weighted by atomic mass is 19.1. The Balaban J connectivity index is 1.45. The summed E-state index contributed by atoms with van der Waals surface area (Å²) in [7, 11) is 0. The van der Waals surface area contributed by atoms with Crippen LogP contribution in [-0.2, 0) is 11.2 Å². The first-order valence-corrected chi connectivity index (χ1v) is 9.90. The second kappa shape index (κ2) is 8.78. The molecular weight excluding hydrogens is 381 g/mol. The minimum absolute atomic E-state index is 0.0455. The summed E-state index contributed by atoms with van der Waals surface area (Å²) in [6.07, 6.45) is 1.90. The lowest BCUT2D eigenvalue weighted by molar-refractivity contribution is -0.117. The van der Waals surface area contributed by atoms with Crippen molar-refractivity contribution in [1.29, 1.82) is 0 Å². The van der Waals surface area contributed by atoms with Crippen molar-refractivity contribution in [3.8, 4) is 0 Å². The van der Waals surface area contributed by atoms with Gasteiger partial charge in [0.15, 0.2) is 0 Å². The van der Waals surface area contributed by atoms with E-state index in [9.17, 15) is 14.0 Å². The molecule has 0 aromatic heterocycles. The number of carbonyl (C=O) groups excluding carboxylic acids is 2. The van der Waals surface area contributed by atoms with E-state index < -0.39 is 0 Å². The molecule has 0 radical (unpaired) electrons. The normalized spacial score (nSPS) is 12.8. The van der Waals surface area contributed by atoms with E-state index in [0.29, 0.717) is 23.5 Å². The SMILES string of the molecule is O=C(Nc1ccc(F)cc1)c1ccccc1NCC(=O)N1CCCc2ccccc21. The van der Waals surface area contributed by atoms with Crippen LogP contribution in [0.2, 0.25) is 0 Å². The number of rotatable bonds is 5. The molecule has 2 N–H and O–H groups in total. The zero-order chi connectivity index (χ0) is 20.9. The number of carbonyl (C=O) groups is 2. The molecule has 0 aliphatic carbocycles. The van der Waals surface area contributed by atoms with Crippen LogP contribution < -0.4 is 15.5 Å². The summed E-state index contributed by atoms with van der Waals surface area (Å²) in [6.45, 7) is 0.763. The molecule has 0 unspecified atom stereocenters. The van der Waals surface area contributed by atoms with E-state index in [1.165, 1.54) is 29.8 Å². The predicted octanol–water partition coefficient (Wildman–Crippen LogP) is 4.47. The van der Waals surface area contributed by atoms with Crippen molar-refractivity contribution in [2.45, 2.75) is 12.8 Å². The molecule has 3 aromatic carbocycles. The molecule has 2 amide bonds. The van der Waals surface area contributed by atoms with Crippen molar-refractivity contribution >= 4 is 28.9 Å². The van der Waals surface area contributed by atoms with Crippen LogP contribution in [0.25, 0.3) is 0 Å². The molecule has 0 saturated carbocycles. The summed E-state index contributed by atoms with van der Waals surface area (Å²) in [5.41, 5.74) is 3.61. The van der Waals surface area contributed by atoms with Crippen LogP contribution in [0.1, 0.15) is 22.3 Å². The molecule has 5 nitrogen and oxygen atoms in total. The summed E-state index contributed by atoms with van der Waals surface area (Å²) in [5.74, 6) is -0.746. The number of amides is 2. The monoisotopic (exact) mass is 403 g/mol. The molecule has 1 heterocycles. The van der Waals surface area contributed by atoms with Crippen molar-refractivity contribution in [3.63, 3.8) is 0 Å². The van der Waals surface area contributed by atoms with Crippen LogP contribution in [0.4, 0.5) is 21.5 Å². The molecule has 1 aliphatic rings. The third kappa shape index (κ3) is 4.33. The highest BCUT2D eigenvalue weighted by molar-refractivity contribution is 6.08. The standard InChI is InChI=1S/C24H22FN3O2/c25-18-11-13-19(14-12-18)27-24(30)20-8-2-3-9-21(20)26-16-23(29)28-15-5-7-17-6-1-4-10-22(17)28/h1-4,6,8-14,26H,5,7,15-16H2,(H,27,30). The van der Waals surface area contributed by atoms with E-state index in [1.807, 2.05) is 18.2 Å². The molecule has 0 spiro atoms. The minimum atomic E-state index is -0.368. The van der Waals surface area contributed by atoms with E-state index in [1.54, 1.807) is 29.2 Å². The molecule has 1 aliphatic heterocycles. The smallest absolute Gasteiger partial charge is 0.257 e. The number of hydrogen-bond acceptors (Lipinski definition) is 3. The number of benzene rings is 3. The van der Waals surface area contributed by atoms with Gasteiger partial charge in [-0.2, -0.15) is 0 Å². The van der Waals surface area contributed by atoms with Gasteiger partial charge in [0.05, 0.1) is 12.1 Å². The van der Waals surface area contributed by atoms with Crippen LogP contribution >= 0.6 is 0 Å². The Kier molecular flexibility index (Phi) is 5.75. The number of para-hydroxylation sites is 2. The first-order valence-electron chi connectivity index (χ1n) is 9.90. The van der Waals surface area contributed by atoms with E-state index in [4.69, 9.17) is 0 Å². The van der Waals surface area contributed by atoms with Gasteiger partial charge in [0.2, 0.25) is 5.91 Å². The summed E-state index contributed by atoms with van der Waals surface area (Å²) in [5, 5.41) is 5.85. The van der Waals surface area contributed by atoms with Crippen LogP contribution in [0.15, 0.2) is 72.8 Å². The fraction of sp³-hybridized carbons (Fsp3) is 0.167. The average Bonchev–Trinajstić information content (AvgIpc) is 2.78. The van der Waals surface area contributed by atoms with Crippen LogP contribution in [0, 0.1) is 5.82 Å². The van der Waals surface area contributed by atoms with Gasteiger partial charge >= 0.3 is 0 Å². The Labute approximate surface area is 174 Å². The zero-order valence-corrected chi connectivity index (χ0v) is 16.4. The molecule has 0 fully saturated rings. The first kappa shape index (κ1) is 19.6. The number of fused-ring (bicyclic) bond motifs is 1. The lowest BCUT2D eigenvalue weighted by Crippen LogP contribution is -2.39. The van der Waals surface area contributed by atoms with Gasteiger partial charge in [-0.1, -0.05) is 30.3 Å². The number of nitrogens with one attached hydrogen (secondary N) is 2. The summed E-state index contributed by atoms with van der Waals surface area (Å²) in [6, 6.07) is 20.5. The summed E-state index contributed by atoms with van der Waals surface area (Å²) >= 11 is 0.